The first-order valence-corrected chi connectivity index (χ1v) is 9.64. The molecule has 0 bridgehead atoms. The van der Waals surface area contributed by atoms with Crippen LogP contribution in [0.15, 0.2) is 53.6 Å². The summed E-state index contributed by atoms with van der Waals surface area (Å²) in [6.45, 7) is 3.45. The third-order valence-corrected chi connectivity index (χ3v) is 5.36. The molecule has 1 heterocycles. The zero-order valence-electron chi connectivity index (χ0n) is 15.9. The highest BCUT2D eigenvalue weighted by Gasteiger charge is 2.36. The van der Waals surface area contributed by atoms with Crippen LogP contribution in [-0.2, 0) is 11.0 Å². The number of rotatable bonds is 5. The number of thioether (sulfide) groups is 1. The number of aromatic nitrogens is 1. The van der Waals surface area contributed by atoms with Crippen LogP contribution in [0, 0.1) is 17.0 Å². The molecule has 1 N–H and O–H groups in total. The summed E-state index contributed by atoms with van der Waals surface area (Å²) in [6.07, 6.45) is -4.86. The molecular weight excluding hydrogens is 419 g/mol. The number of amides is 1. The van der Waals surface area contributed by atoms with Crippen LogP contribution in [0.5, 0.6) is 0 Å². The Bertz CT molecular complexity index is 1140. The second-order valence-electron chi connectivity index (χ2n) is 6.53. The minimum absolute atomic E-state index is 0.404. The predicted molar refractivity (Wildman–Crippen MR) is 109 cm³/mol. The number of halogens is 3. The molecule has 1 aromatic heterocycles. The SMILES string of the molecule is Cc1cc(SC(C)C(=O)Nc2ccc([N+](=O)[O-])cc2C(F)(F)F)nc2ccccc12. The maximum absolute atomic E-state index is 13.3. The number of nitrogens with one attached hydrogen (secondary N) is 1. The number of pyridine rings is 1. The van der Waals surface area contributed by atoms with Crippen molar-refractivity contribution < 1.29 is 22.9 Å². The van der Waals surface area contributed by atoms with Crippen molar-refractivity contribution in [2.45, 2.75) is 30.3 Å². The van der Waals surface area contributed by atoms with E-state index >= 15 is 0 Å². The molecule has 0 aliphatic heterocycles. The molecule has 1 atom stereocenters. The van der Waals surface area contributed by atoms with Crippen molar-refractivity contribution in [3.05, 3.63) is 69.8 Å². The maximum Gasteiger partial charge on any atom is 0.418 e. The topological polar surface area (TPSA) is 85.1 Å². The van der Waals surface area contributed by atoms with Gasteiger partial charge in [0, 0.05) is 17.5 Å². The van der Waals surface area contributed by atoms with Gasteiger partial charge in [-0.25, -0.2) is 4.98 Å². The lowest BCUT2D eigenvalue weighted by Gasteiger charge is -2.16. The van der Waals surface area contributed by atoms with Gasteiger partial charge in [0.2, 0.25) is 5.91 Å². The number of benzene rings is 2. The number of nitro groups is 1. The number of alkyl halides is 3. The van der Waals surface area contributed by atoms with Crippen molar-refractivity contribution in [3.63, 3.8) is 0 Å². The molecule has 0 aliphatic rings. The first-order valence-electron chi connectivity index (χ1n) is 8.76. The Labute approximate surface area is 173 Å². The number of aryl methyl sites for hydroxylation is 1. The minimum atomic E-state index is -4.86. The van der Waals surface area contributed by atoms with Gasteiger partial charge >= 0.3 is 6.18 Å². The highest BCUT2D eigenvalue weighted by atomic mass is 32.2. The van der Waals surface area contributed by atoms with E-state index in [0.29, 0.717) is 11.1 Å². The Morgan fingerprint density at radius 1 is 1.20 bits per heavy atom. The maximum atomic E-state index is 13.3. The lowest BCUT2D eigenvalue weighted by atomic mass is 10.1. The molecule has 1 unspecified atom stereocenters. The quantitative estimate of drug-likeness (QED) is 0.321. The molecule has 3 aromatic rings. The fourth-order valence-corrected chi connectivity index (χ4v) is 3.76. The Balaban J connectivity index is 1.82. The molecule has 3 rings (SSSR count). The van der Waals surface area contributed by atoms with Crippen LogP contribution in [-0.4, -0.2) is 21.1 Å². The minimum Gasteiger partial charge on any atom is -0.325 e. The highest BCUT2D eigenvalue weighted by molar-refractivity contribution is 8.00. The molecule has 30 heavy (non-hydrogen) atoms. The average molecular weight is 435 g/mol. The van der Waals surface area contributed by atoms with Crippen molar-refractivity contribution in [1.29, 1.82) is 0 Å². The van der Waals surface area contributed by atoms with Gasteiger partial charge in [-0.05, 0) is 37.6 Å². The number of carbonyl (C=O) groups excluding carboxylic acids is 1. The lowest BCUT2D eigenvalue weighted by Crippen LogP contribution is -2.24. The number of nitro benzene ring substituents is 1. The normalized spacial score (nSPS) is 12.6. The van der Waals surface area contributed by atoms with Crippen LogP contribution in [0.1, 0.15) is 18.1 Å². The van der Waals surface area contributed by atoms with Crippen LogP contribution in [0.4, 0.5) is 24.5 Å². The molecule has 0 saturated carbocycles. The van der Waals surface area contributed by atoms with Gasteiger partial charge in [-0.3, -0.25) is 14.9 Å². The molecule has 10 heteroatoms. The molecule has 0 saturated heterocycles. The fourth-order valence-electron chi connectivity index (χ4n) is 2.84. The Morgan fingerprint density at radius 2 is 1.90 bits per heavy atom. The number of anilines is 1. The third kappa shape index (κ3) is 4.70. The number of fused-ring (bicyclic) bond motifs is 1. The van der Waals surface area contributed by atoms with E-state index in [2.05, 4.69) is 10.3 Å². The van der Waals surface area contributed by atoms with E-state index in [4.69, 9.17) is 0 Å². The number of hydrogen-bond donors (Lipinski definition) is 1. The van der Waals surface area contributed by atoms with Crippen molar-refractivity contribution >= 4 is 39.9 Å². The Hall–Kier alpha value is -3.14. The van der Waals surface area contributed by atoms with Crippen molar-refractivity contribution in [3.8, 4) is 0 Å². The van der Waals surface area contributed by atoms with E-state index in [1.54, 1.807) is 6.92 Å². The van der Waals surface area contributed by atoms with E-state index in [1.165, 1.54) is 0 Å². The largest absolute Gasteiger partial charge is 0.418 e. The van der Waals surface area contributed by atoms with Gasteiger partial charge in [0.25, 0.3) is 5.69 Å². The van der Waals surface area contributed by atoms with Crippen LogP contribution < -0.4 is 5.32 Å². The first kappa shape index (κ1) is 21.6. The molecule has 156 valence electrons. The van der Waals surface area contributed by atoms with E-state index in [-0.39, 0.29) is 0 Å². The molecule has 0 spiro atoms. The van der Waals surface area contributed by atoms with Gasteiger partial charge in [-0.15, -0.1) is 0 Å². The summed E-state index contributed by atoms with van der Waals surface area (Å²) in [4.78, 5) is 26.8. The number of carbonyl (C=O) groups is 1. The standard InChI is InChI=1S/C20H16F3N3O3S/c1-11-9-18(24-16-6-4-3-5-14(11)16)30-12(2)19(27)25-17-8-7-13(26(28)29)10-15(17)20(21,22)23/h3-10,12H,1-2H3,(H,25,27). The van der Waals surface area contributed by atoms with Gasteiger partial charge in [0.1, 0.15) is 0 Å². The summed E-state index contributed by atoms with van der Waals surface area (Å²) in [6, 6.07) is 11.5. The Kier molecular flexibility index (Phi) is 5.97. The second-order valence-corrected chi connectivity index (χ2v) is 7.89. The molecule has 1 amide bonds. The summed E-state index contributed by atoms with van der Waals surface area (Å²) >= 11 is 1.11. The molecule has 0 radical (unpaired) electrons. The fraction of sp³-hybridized carbons (Fsp3) is 0.200. The lowest BCUT2D eigenvalue weighted by molar-refractivity contribution is -0.385. The highest BCUT2D eigenvalue weighted by Crippen LogP contribution is 2.37. The van der Waals surface area contributed by atoms with Crippen molar-refractivity contribution in [2.24, 2.45) is 0 Å². The molecule has 0 fully saturated rings. The monoisotopic (exact) mass is 435 g/mol. The van der Waals surface area contributed by atoms with Gasteiger partial charge in [0.15, 0.2) is 0 Å². The van der Waals surface area contributed by atoms with Gasteiger partial charge in [-0.1, -0.05) is 30.0 Å². The number of nitrogens with zero attached hydrogens (tertiary/aromatic N) is 2. The molecule has 6 nitrogen and oxygen atoms in total. The number of para-hydroxylation sites is 1. The van der Waals surface area contributed by atoms with Crippen molar-refractivity contribution in [1.82, 2.24) is 4.98 Å². The first-order chi connectivity index (χ1) is 14.1. The zero-order chi connectivity index (χ0) is 22.1. The summed E-state index contributed by atoms with van der Waals surface area (Å²) in [7, 11) is 0. The van der Waals surface area contributed by atoms with E-state index in [0.717, 1.165) is 40.4 Å². The number of non-ortho nitro benzene ring substituents is 1. The van der Waals surface area contributed by atoms with Crippen LogP contribution in [0.25, 0.3) is 10.9 Å². The Morgan fingerprint density at radius 3 is 2.57 bits per heavy atom. The third-order valence-electron chi connectivity index (χ3n) is 4.34. The molecule has 2 aromatic carbocycles. The van der Waals surface area contributed by atoms with E-state index in [9.17, 15) is 28.1 Å². The molecular formula is C20H16F3N3O3S. The van der Waals surface area contributed by atoms with Gasteiger partial charge in [0.05, 0.1) is 32.0 Å². The van der Waals surface area contributed by atoms with Gasteiger partial charge in [-0.2, -0.15) is 13.2 Å². The second kappa shape index (κ2) is 8.31. The van der Waals surface area contributed by atoms with Crippen molar-refractivity contribution in [2.75, 3.05) is 5.32 Å². The van der Waals surface area contributed by atoms with Crippen LogP contribution in [0.2, 0.25) is 0 Å². The summed E-state index contributed by atoms with van der Waals surface area (Å²) in [5.74, 6) is -0.674. The van der Waals surface area contributed by atoms with Crippen LogP contribution in [0.3, 0.4) is 0 Å². The summed E-state index contributed by atoms with van der Waals surface area (Å²) in [5.41, 5.74) is -0.804. The van der Waals surface area contributed by atoms with E-state index in [1.807, 2.05) is 37.3 Å². The average Bonchev–Trinajstić information content (AvgIpc) is 2.67. The summed E-state index contributed by atoms with van der Waals surface area (Å²) in [5, 5.41) is 13.8. The molecule has 0 aliphatic carbocycles. The van der Waals surface area contributed by atoms with Gasteiger partial charge < -0.3 is 5.32 Å². The number of hydrogen-bond acceptors (Lipinski definition) is 5. The zero-order valence-corrected chi connectivity index (χ0v) is 16.7. The predicted octanol–water partition coefficient (Wildman–Crippen LogP) is 5.59. The summed E-state index contributed by atoms with van der Waals surface area (Å²) < 4.78 is 39.9. The van der Waals surface area contributed by atoms with E-state index < -0.39 is 39.2 Å². The smallest absolute Gasteiger partial charge is 0.325 e. The van der Waals surface area contributed by atoms with Crippen LogP contribution >= 0.6 is 11.8 Å².